The van der Waals surface area contributed by atoms with E-state index < -0.39 is 0 Å². The third-order valence-corrected chi connectivity index (χ3v) is 2.94. The van der Waals surface area contributed by atoms with Gasteiger partial charge in [0.15, 0.2) is 0 Å². The Morgan fingerprint density at radius 2 is 2.24 bits per heavy atom. The molecule has 6 heteroatoms. The lowest BCUT2D eigenvalue weighted by Crippen LogP contribution is -2.27. The molecule has 2 aromatic heterocycles. The molecule has 2 rings (SSSR count). The zero-order chi connectivity index (χ0) is 15.2. The molecule has 0 aliphatic heterocycles. The molecule has 0 aromatic carbocycles. The van der Waals surface area contributed by atoms with E-state index in [1.54, 1.807) is 24.5 Å². The first-order valence-corrected chi connectivity index (χ1v) is 7.03. The summed E-state index contributed by atoms with van der Waals surface area (Å²) in [6, 6.07) is 3.13. The molecule has 0 spiro atoms. The third-order valence-electron chi connectivity index (χ3n) is 2.94. The summed E-state index contributed by atoms with van der Waals surface area (Å²) >= 11 is 0. The minimum Gasteiger partial charge on any atom is -0.444 e. The van der Waals surface area contributed by atoms with Gasteiger partial charge in [0.25, 0.3) is 5.91 Å². The molecular weight excluding hydrogens is 268 g/mol. The lowest BCUT2D eigenvalue weighted by molar-refractivity contribution is 0.0934. The normalized spacial score (nSPS) is 12.0. The summed E-state index contributed by atoms with van der Waals surface area (Å²) in [6.45, 7) is 6.55. The molecule has 1 unspecified atom stereocenters. The number of hydrogen-bond acceptors (Lipinski definition) is 5. The zero-order valence-electron chi connectivity index (χ0n) is 12.5. The molecule has 0 aliphatic rings. The van der Waals surface area contributed by atoms with E-state index in [-0.39, 0.29) is 11.9 Å². The van der Waals surface area contributed by atoms with Crippen molar-refractivity contribution in [3.63, 3.8) is 0 Å². The molecular formula is C15H20N4O2. The quantitative estimate of drug-likeness (QED) is 0.854. The molecule has 0 saturated heterocycles. The highest BCUT2D eigenvalue weighted by Gasteiger charge is 2.15. The molecule has 0 bridgehead atoms. The lowest BCUT2D eigenvalue weighted by atomic mass is 10.2. The standard InChI is InChI=1S/C15H20N4O2/c1-4-6-16-13-8-12(5-7-17-13)14(20)19-11(3)15-18-9-10(2)21-15/h5,7-9,11H,4,6H2,1-3H3,(H,16,17)(H,19,20). The number of hydrogen-bond donors (Lipinski definition) is 2. The van der Waals surface area contributed by atoms with Gasteiger partial charge in [0.1, 0.15) is 17.6 Å². The summed E-state index contributed by atoms with van der Waals surface area (Å²) < 4.78 is 5.41. The second-order valence-electron chi connectivity index (χ2n) is 4.86. The van der Waals surface area contributed by atoms with Crippen molar-refractivity contribution in [2.45, 2.75) is 33.2 Å². The van der Waals surface area contributed by atoms with Crippen molar-refractivity contribution < 1.29 is 9.21 Å². The van der Waals surface area contributed by atoms with Gasteiger partial charge in [0.2, 0.25) is 5.89 Å². The number of nitrogens with zero attached hydrogens (tertiary/aromatic N) is 2. The predicted molar refractivity (Wildman–Crippen MR) is 80.1 cm³/mol. The molecule has 1 atom stereocenters. The SMILES string of the molecule is CCCNc1cc(C(=O)NC(C)c2ncc(C)o2)ccn1. The Bertz CT molecular complexity index is 609. The molecule has 112 valence electrons. The summed E-state index contributed by atoms with van der Waals surface area (Å²) in [6.07, 6.45) is 4.25. The smallest absolute Gasteiger partial charge is 0.252 e. The molecule has 0 aliphatic carbocycles. The van der Waals surface area contributed by atoms with E-state index in [4.69, 9.17) is 4.42 Å². The largest absolute Gasteiger partial charge is 0.444 e. The van der Waals surface area contributed by atoms with Crippen LogP contribution in [0.2, 0.25) is 0 Å². The second-order valence-corrected chi connectivity index (χ2v) is 4.86. The van der Waals surface area contributed by atoms with Crippen molar-refractivity contribution in [3.8, 4) is 0 Å². The number of amides is 1. The van der Waals surface area contributed by atoms with Gasteiger partial charge in [-0.3, -0.25) is 4.79 Å². The molecule has 0 saturated carbocycles. The Morgan fingerprint density at radius 1 is 1.43 bits per heavy atom. The first-order chi connectivity index (χ1) is 10.1. The Kier molecular flexibility index (Phi) is 4.92. The van der Waals surface area contributed by atoms with Gasteiger partial charge in [0, 0.05) is 18.3 Å². The van der Waals surface area contributed by atoms with E-state index in [0.717, 1.165) is 18.7 Å². The molecule has 2 N–H and O–H groups in total. The number of pyridine rings is 1. The fourth-order valence-electron chi connectivity index (χ4n) is 1.84. The van der Waals surface area contributed by atoms with Crippen LogP contribution in [0.1, 0.15) is 48.3 Å². The summed E-state index contributed by atoms with van der Waals surface area (Å²) in [5.74, 6) is 1.74. The summed E-state index contributed by atoms with van der Waals surface area (Å²) in [7, 11) is 0. The van der Waals surface area contributed by atoms with E-state index in [1.807, 2.05) is 13.8 Å². The minimum absolute atomic E-state index is 0.180. The maximum Gasteiger partial charge on any atom is 0.252 e. The number of carbonyl (C=O) groups excluding carboxylic acids is 1. The fraction of sp³-hybridized carbons (Fsp3) is 0.400. The van der Waals surface area contributed by atoms with Gasteiger partial charge in [-0.1, -0.05) is 6.92 Å². The predicted octanol–water partition coefficient (Wildman–Crippen LogP) is 2.69. The van der Waals surface area contributed by atoms with Gasteiger partial charge in [-0.15, -0.1) is 0 Å². The van der Waals surface area contributed by atoms with Crippen LogP contribution < -0.4 is 10.6 Å². The monoisotopic (exact) mass is 288 g/mol. The maximum absolute atomic E-state index is 12.2. The van der Waals surface area contributed by atoms with E-state index in [9.17, 15) is 4.79 Å². The molecule has 0 fully saturated rings. The van der Waals surface area contributed by atoms with Gasteiger partial charge < -0.3 is 15.1 Å². The average Bonchev–Trinajstić information content (AvgIpc) is 2.92. The first kappa shape index (κ1) is 15.0. The Labute approximate surface area is 124 Å². The molecule has 2 aromatic rings. The number of aromatic nitrogens is 2. The highest BCUT2D eigenvalue weighted by atomic mass is 16.4. The number of carbonyl (C=O) groups is 1. The van der Waals surface area contributed by atoms with Crippen LogP contribution in [-0.4, -0.2) is 22.4 Å². The summed E-state index contributed by atoms with van der Waals surface area (Å²) in [5, 5.41) is 6.01. The number of nitrogens with one attached hydrogen (secondary N) is 2. The van der Waals surface area contributed by atoms with Crippen molar-refractivity contribution in [3.05, 3.63) is 41.7 Å². The van der Waals surface area contributed by atoms with Crippen LogP contribution in [0.5, 0.6) is 0 Å². The molecule has 21 heavy (non-hydrogen) atoms. The van der Waals surface area contributed by atoms with Crippen LogP contribution in [0.4, 0.5) is 5.82 Å². The average molecular weight is 288 g/mol. The van der Waals surface area contributed by atoms with E-state index >= 15 is 0 Å². The molecule has 6 nitrogen and oxygen atoms in total. The zero-order valence-corrected chi connectivity index (χ0v) is 12.5. The highest BCUT2D eigenvalue weighted by molar-refractivity contribution is 5.94. The first-order valence-electron chi connectivity index (χ1n) is 7.03. The van der Waals surface area contributed by atoms with Gasteiger partial charge >= 0.3 is 0 Å². The molecule has 1 amide bonds. The number of aryl methyl sites for hydroxylation is 1. The topological polar surface area (TPSA) is 80.0 Å². The number of oxazole rings is 1. The lowest BCUT2D eigenvalue weighted by Gasteiger charge is -2.11. The van der Waals surface area contributed by atoms with Crippen molar-refractivity contribution in [1.29, 1.82) is 0 Å². The van der Waals surface area contributed by atoms with E-state index in [0.29, 0.717) is 17.3 Å². The van der Waals surface area contributed by atoms with Gasteiger partial charge in [0.05, 0.1) is 6.20 Å². The maximum atomic E-state index is 12.2. The van der Waals surface area contributed by atoms with Crippen LogP contribution >= 0.6 is 0 Å². The Morgan fingerprint density at radius 3 is 2.90 bits per heavy atom. The number of rotatable bonds is 6. The van der Waals surface area contributed by atoms with Crippen LogP contribution in [0.3, 0.4) is 0 Å². The van der Waals surface area contributed by atoms with E-state index in [2.05, 4.69) is 27.5 Å². The number of anilines is 1. The van der Waals surface area contributed by atoms with Crippen molar-refractivity contribution in [2.24, 2.45) is 0 Å². The van der Waals surface area contributed by atoms with Gasteiger partial charge in [-0.05, 0) is 32.4 Å². The fourth-order valence-corrected chi connectivity index (χ4v) is 1.84. The summed E-state index contributed by atoms with van der Waals surface area (Å²) in [4.78, 5) is 20.5. The van der Waals surface area contributed by atoms with Crippen LogP contribution in [0.15, 0.2) is 28.9 Å². The minimum atomic E-state index is -0.286. The van der Waals surface area contributed by atoms with Crippen LogP contribution in [0.25, 0.3) is 0 Å². The molecule has 0 radical (unpaired) electrons. The van der Waals surface area contributed by atoms with Crippen molar-refractivity contribution in [1.82, 2.24) is 15.3 Å². The third kappa shape index (κ3) is 4.05. The van der Waals surface area contributed by atoms with Crippen molar-refractivity contribution in [2.75, 3.05) is 11.9 Å². The second kappa shape index (κ2) is 6.88. The van der Waals surface area contributed by atoms with E-state index in [1.165, 1.54) is 0 Å². The summed E-state index contributed by atoms with van der Waals surface area (Å²) in [5.41, 5.74) is 0.554. The Balaban J connectivity index is 2.02. The Hall–Kier alpha value is -2.37. The van der Waals surface area contributed by atoms with Crippen LogP contribution in [0, 0.1) is 6.92 Å². The van der Waals surface area contributed by atoms with Gasteiger partial charge in [-0.2, -0.15) is 0 Å². The van der Waals surface area contributed by atoms with Crippen molar-refractivity contribution >= 4 is 11.7 Å². The van der Waals surface area contributed by atoms with Crippen LogP contribution in [-0.2, 0) is 0 Å². The molecule has 2 heterocycles. The van der Waals surface area contributed by atoms with Gasteiger partial charge in [-0.25, -0.2) is 9.97 Å². The highest BCUT2D eigenvalue weighted by Crippen LogP contribution is 2.14.